The van der Waals surface area contributed by atoms with Crippen molar-refractivity contribution in [3.05, 3.63) is 64.2 Å². The standard InChI is InChI=1S/C25H30FN5OS/c1-7-10-27-21-13-28-20(11-15(21)2)23(32)30-16(3)22-14-29-24(33-22)31-19-12-17(25(4,5)6)8-9-18(19)26/h8-14,16H,7H2,1-6H3,(H,29,31)(H,30,32). The number of carbonyl (C=O) groups excluding carboxylic acids is 1. The van der Waals surface area contributed by atoms with Crippen molar-refractivity contribution in [3.8, 4) is 0 Å². The molecule has 1 atom stereocenters. The number of amides is 1. The van der Waals surface area contributed by atoms with Crippen LogP contribution in [0.25, 0.3) is 0 Å². The summed E-state index contributed by atoms with van der Waals surface area (Å²) in [5, 5.41) is 6.58. The average molecular weight is 468 g/mol. The Kier molecular flexibility index (Phi) is 7.58. The number of nitrogens with zero attached hydrogens (tertiary/aromatic N) is 3. The lowest BCUT2D eigenvalue weighted by molar-refractivity contribution is 0.0935. The van der Waals surface area contributed by atoms with E-state index in [-0.39, 0.29) is 23.2 Å². The minimum atomic E-state index is -0.339. The fourth-order valence-corrected chi connectivity index (χ4v) is 3.92. The molecule has 2 aromatic heterocycles. The van der Waals surface area contributed by atoms with E-state index in [9.17, 15) is 9.18 Å². The molecule has 6 nitrogen and oxygen atoms in total. The van der Waals surface area contributed by atoms with Gasteiger partial charge >= 0.3 is 0 Å². The topological polar surface area (TPSA) is 79.3 Å². The molecule has 2 N–H and O–H groups in total. The molecule has 2 heterocycles. The highest BCUT2D eigenvalue weighted by Gasteiger charge is 2.18. The Labute approximate surface area is 198 Å². The summed E-state index contributed by atoms with van der Waals surface area (Å²) in [6.45, 7) is 12.0. The second-order valence-corrected chi connectivity index (χ2v) is 9.97. The van der Waals surface area contributed by atoms with Crippen LogP contribution in [-0.2, 0) is 5.41 Å². The predicted octanol–water partition coefficient (Wildman–Crippen LogP) is 6.63. The molecule has 8 heteroatoms. The molecule has 174 valence electrons. The van der Waals surface area contributed by atoms with E-state index in [2.05, 4.69) is 46.4 Å². The van der Waals surface area contributed by atoms with Gasteiger partial charge in [-0.05, 0) is 55.0 Å². The van der Waals surface area contributed by atoms with Crippen molar-refractivity contribution >= 4 is 40.0 Å². The molecule has 0 aliphatic heterocycles. The van der Waals surface area contributed by atoms with Crippen molar-refractivity contribution in [2.24, 2.45) is 4.99 Å². The average Bonchev–Trinajstić information content (AvgIpc) is 3.22. The van der Waals surface area contributed by atoms with E-state index in [0.29, 0.717) is 16.5 Å². The molecule has 1 aromatic carbocycles. The Morgan fingerprint density at radius 2 is 2.00 bits per heavy atom. The van der Waals surface area contributed by atoms with Crippen LogP contribution in [0, 0.1) is 12.7 Å². The lowest BCUT2D eigenvalue weighted by Crippen LogP contribution is -2.27. The van der Waals surface area contributed by atoms with Gasteiger partial charge in [-0.2, -0.15) is 0 Å². The molecule has 33 heavy (non-hydrogen) atoms. The Balaban J connectivity index is 1.69. The zero-order valence-electron chi connectivity index (χ0n) is 19.9. The third kappa shape index (κ3) is 6.22. The van der Waals surface area contributed by atoms with Gasteiger partial charge in [0.15, 0.2) is 5.13 Å². The number of thiazole rings is 1. The number of hydrogen-bond donors (Lipinski definition) is 2. The molecular formula is C25H30FN5OS. The van der Waals surface area contributed by atoms with Crippen molar-refractivity contribution in [2.45, 2.75) is 59.4 Å². The van der Waals surface area contributed by atoms with E-state index >= 15 is 0 Å². The van der Waals surface area contributed by atoms with E-state index in [1.54, 1.807) is 24.5 Å². The van der Waals surface area contributed by atoms with E-state index in [4.69, 9.17) is 0 Å². The maximum atomic E-state index is 14.3. The smallest absolute Gasteiger partial charge is 0.270 e. The highest BCUT2D eigenvalue weighted by Crippen LogP contribution is 2.31. The molecule has 0 spiro atoms. The summed E-state index contributed by atoms with van der Waals surface area (Å²) in [7, 11) is 0. The molecule has 0 aliphatic rings. The van der Waals surface area contributed by atoms with Crippen molar-refractivity contribution < 1.29 is 9.18 Å². The fourth-order valence-electron chi connectivity index (χ4n) is 3.09. The first-order valence-electron chi connectivity index (χ1n) is 10.9. The lowest BCUT2D eigenvalue weighted by Gasteiger charge is -2.20. The Morgan fingerprint density at radius 1 is 1.24 bits per heavy atom. The van der Waals surface area contributed by atoms with Gasteiger partial charge < -0.3 is 10.6 Å². The molecule has 3 aromatic rings. The van der Waals surface area contributed by atoms with Crippen molar-refractivity contribution in [2.75, 3.05) is 5.32 Å². The first kappa shape index (κ1) is 24.5. The van der Waals surface area contributed by atoms with Crippen LogP contribution >= 0.6 is 11.3 Å². The number of pyridine rings is 1. The zero-order chi connectivity index (χ0) is 24.2. The number of aliphatic imine (C=N–C) groups is 1. The summed E-state index contributed by atoms with van der Waals surface area (Å²) in [4.78, 5) is 26.5. The van der Waals surface area contributed by atoms with Crippen molar-refractivity contribution in [1.29, 1.82) is 0 Å². The number of aromatic nitrogens is 2. The van der Waals surface area contributed by atoms with Gasteiger partial charge in [-0.15, -0.1) is 0 Å². The van der Waals surface area contributed by atoms with Gasteiger partial charge in [0, 0.05) is 17.3 Å². The number of hydrogen-bond acceptors (Lipinski definition) is 6. The maximum Gasteiger partial charge on any atom is 0.270 e. The monoisotopic (exact) mass is 467 g/mol. The third-order valence-corrected chi connectivity index (χ3v) is 6.20. The Hall–Kier alpha value is -3.13. The summed E-state index contributed by atoms with van der Waals surface area (Å²) < 4.78 is 14.3. The van der Waals surface area contributed by atoms with Gasteiger partial charge in [-0.25, -0.2) is 14.4 Å². The Bertz CT molecular complexity index is 1170. The van der Waals surface area contributed by atoms with Crippen LogP contribution in [0.15, 0.2) is 41.7 Å². The number of nitrogens with one attached hydrogen (secondary N) is 2. The number of aryl methyl sites for hydroxylation is 1. The van der Waals surface area contributed by atoms with Crippen LogP contribution in [0.4, 0.5) is 20.9 Å². The molecular weight excluding hydrogens is 437 g/mol. The quantitative estimate of drug-likeness (QED) is 0.382. The van der Waals surface area contributed by atoms with Gasteiger partial charge in [0.05, 0.1) is 23.6 Å². The first-order valence-corrected chi connectivity index (χ1v) is 11.7. The fraction of sp³-hybridized carbons (Fsp3) is 0.360. The molecule has 1 amide bonds. The summed E-state index contributed by atoms with van der Waals surface area (Å²) in [6.07, 6.45) is 5.94. The number of benzene rings is 1. The molecule has 0 saturated carbocycles. The number of anilines is 2. The van der Waals surface area contributed by atoms with E-state index < -0.39 is 0 Å². The Morgan fingerprint density at radius 3 is 2.67 bits per heavy atom. The van der Waals surface area contributed by atoms with Gasteiger partial charge in [-0.3, -0.25) is 9.79 Å². The van der Waals surface area contributed by atoms with Gasteiger partial charge in [-0.1, -0.05) is 45.1 Å². The maximum absolute atomic E-state index is 14.3. The molecule has 1 unspecified atom stereocenters. The normalized spacial score (nSPS) is 12.7. The second-order valence-electron chi connectivity index (χ2n) is 8.91. The zero-order valence-corrected chi connectivity index (χ0v) is 20.7. The van der Waals surface area contributed by atoms with Crippen LogP contribution in [0.1, 0.15) is 73.6 Å². The van der Waals surface area contributed by atoms with E-state index in [1.807, 2.05) is 33.1 Å². The summed E-state index contributed by atoms with van der Waals surface area (Å²) >= 11 is 1.37. The van der Waals surface area contributed by atoms with Gasteiger partial charge in [0.25, 0.3) is 5.91 Å². The molecule has 0 aliphatic carbocycles. The van der Waals surface area contributed by atoms with Crippen LogP contribution < -0.4 is 10.6 Å². The predicted molar refractivity (Wildman–Crippen MR) is 134 cm³/mol. The number of halogens is 1. The lowest BCUT2D eigenvalue weighted by atomic mass is 9.87. The summed E-state index contributed by atoms with van der Waals surface area (Å²) in [6, 6.07) is 6.52. The molecule has 0 fully saturated rings. The highest BCUT2D eigenvalue weighted by atomic mass is 32.1. The number of carbonyl (C=O) groups is 1. The molecule has 0 bridgehead atoms. The van der Waals surface area contributed by atoms with Gasteiger partial charge in [0.1, 0.15) is 11.5 Å². The van der Waals surface area contributed by atoms with Crippen LogP contribution in [0.5, 0.6) is 0 Å². The van der Waals surface area contributed by atoms with Crippen molar-refractivity contribution in [1.82, 2.24) is 15.3 Å². The second kappa shape index (κ2) is 10.2. The van der Waals surface area contributed by atoms with E-state index in [0.717, 1.165) is 28.1 Å². The molecule has 0 radical (unpaired) electrons. The van der Waals surface area contributed by atoms with Crippen LogP contribution in [0.2, 0.25) is 0 Å². The molecule has 0 saturated heterocycles. The highest BCUT2D eigenvalue weighted by molar-refractivity contribution is 7.15. The minimum absolute atomic E-state index is 0.0933. The van der Waals surface area contributed by atoms with Gasteiger partial charge in [0.2, 0.25) is 0 Å². The van der Waals surface area contributed by atoms with Crippen LogP contribution in [0.3, 0.4) is 0 Å². The largest absolute Gasteiger partial charge is 0.343 e. The first-order chi connectivity index (χ1) is 15.6. The van der Waals surface area contributed by atoms with Crippen LogP contribution in [-0.4, -0.2) is 22.1 Å². The minimum Gasteiger partial charge on any atom is -0.343 e. The third-order valence-electron chi connectivity index (χ3n) is 5.10. The summed E-state index contributed by atoms with van der Waals surface area (Å²) in [5.74, 6) is -0.613. The van der Waals surface area contributed by atoms with E-state index in [1.165, 1.54) is 17.4 Å². The SMILES string of the molecule is CCC=Nc1cnc(C(=O)NC(C)c2cnc(Nc3cc(C(C)(C)C)ccc3F)s2)cc1C. The molecule has 3 rings (SSSR count). The number of rotatable bonds is 7. The van der Waals surface area contributed by atoms with Crippen molar-refractivity contribution in [3.63, 3.8) is 0 Å². The summed E-state index contributed by atoms with van der Waals surface area (Å²) in [5.41, 5.74) is 3.28.